The van der Waals surface area contributed by atoms with Crippen molar-refractivity contribution < 1.29 is 23.5 Å². The molecule has 0 aliphatic carbocycles. The van der Waals surface area contributed by atoms with Crippen molar-refractivity contribution in [2.75, 3.05) is 11.9 Å². The fourth-order valence-corrected chi connectivity index (χ4v) is 2.39. The van der Waals surface area contributed by atoms with Crippen LogP contribution < -0.4 is 10.1 Å². The second-order valence-electron chi connectivity index (χ2n) is 5.93. The molecule has 6 heteroatoms. The third-order valence-corrected chi connectivity index (χ3v) is 3.78. The highest BCUT2D eigenvalue weighted by molar-refractivity contribution is 5.95. The van der Waals surface area contributed by atoms with Gasteiger partial charge < -0.3 is 14.8 Å². The van der Waals surface area contributed by atoms with E-state index in [0.29, 0.717) is 11.4 Å². The number of rotatable bonds is 7. The average molecular weight is 379 g/mol. The van der Waals surface area contributed by atoms with Crippen LogP contribution in [0.3, 0.4) is 0 Å². The smallest absolute Gasteiger partial charge is 0.338 e. The summed E-state index contributed by atoms with van der Waals surface area (Å²) in [5.74, 6) is -0.906. The number of para-hydroxylation sites is 1. The monoisotopic (exact) mass is 379 g/mol. The van der Waals surface area contributed by atoms with E-state index < -0.39 is 18.5 Å². The molecule has 0 bridgehead atoms. The second kappa shape index (κ2) is 9.32. The quantitative estimate of drug-likeness (QED) is 0.625. The molecule has 0 fully saturated rings. The lowest BCUT2D eigenvalue weighted by molar-refractivity contribution is -0.119. The van der Waals surface area contributed by atoms with E-state index in [2.05, 4.69) is 5.32 Å². The van der Waals surface area contributed by atoms with Gasteiger partial charge in [0.05, 0.1) is 5.56 Å². The average Bonchev–Trinajstić information content (AvgIpc) is 2.72. The van der Waals surface area contributed by atoms with Crippen LogP contribution in [0.25, 0.3) is 0 Å². The third kappa shape index (κ3) is 5.67. The molecule has 3 rings (SSSR count). The van der Waals surface area contributed by atoms with Crippen molar-refractivity contribution >= 4 is 17.6 Å². The van der Waals surface area contributed by atoms with Crippen LogP contribution in [0.4, 0.5) is 10.1 Å². The number of hydrogen-bond donors (Lipinski definition) is 1. The lowest BCUT2D eigenvalue weighted by Crippen LogP contribution is -2.20. The molecule has 0 heterocycles. The fraction of sp³-hybridized carbons (Fsp3) is 0.0909. The summed E-state index contributed by atoms with van der Waals surface area (Å²) in [6.07, 6.45) is 0. The normalized spacial score (nSPS) is 10.2. The molecule has 0 unspecified atom stereocenters. The third-order valence-electron chi connectivity index (χ3n) is 3.78. The van der Waals surface area contributed by atoms with Gasteiger partial charge >= 0.3 is 5.97 Å². The van der Waals surface area contributed by atoms with Crippen LogP contribution in [0.15, 0.2) is 78.9 Å². The van der Waals surface area contributed by atoms with Gasteiger partial charge in [0.2, 0.25) is 0 Å². The zero-order chi connectivity index (χ0) is 19.8. The molecule has 0 spiro atoms. The Morgan fingerprint density at radius 2 is 1.64 bits per heavy atom. The Morgan fingerprint density at radius 1 is 0.893 bits per heavy atom. The van der Waals surface area contributed by atoms with Crippen molar-refractivity contribution in [2.45, 2.75) is 6.61 Å². The van der Waals surface area contributed by atoms with Crippen LogP contribution in [0.1, 0.15) is 15.9 Å². The van der Waals surface area contributed by atoms with Crippen LogP contribution in [-0.2, 0) is 16.1 Å². The summed E-state index contributed by atoms with van der Waals surface area (Å²) in [4.78, 5) is 24.0. The summed E-state index contributed by atoms with van der Waals surface area (Å²) in [6, 6.07) is 21.3. The first-order chi connectivity index (χ1) is 13.6. The SMILES string of the molecule is O=C(COC(=O)c1cccc(OCc2ccc(F)cc2)c1)Nc1ccccc1. The van der Waals surface area contributed by atoms with Crippen molar-refractivity contribution in [3.63, 3.8) is 0 Å². The van der Waals surface area contributed by atoms with Gasteiger partial charge in [-0.25, -0.2) is 9.18 Å². The number of halogens is 1. The maximum atomic E-state index is 12.9. The number of amides is 1. The van der Waals surface area contributed by atoms with E-state index in [9.17, 15) is 14.0 Å². The molecule has 3 aromatic rings. The summed E-state index contributed by atoms with van der Waals surface area (Å²) in [5, 5.41) is 2.63. The lowest BCUT2D eigenvalue weighted by Gasteiger charge is -2.09. The van der Waals surface area contributed by atoms with Crippen molar-refractivity contribution in [3.8, 4) is 5.75 Å². The molecule has 0 aliphatic heterocycles. The molecule has 1 amide bonds. The Balaban J connectivity index is 1.51. The van der Waals surface area contributed by atoms with Gasteiger partial charge in [-0.3, -0.25) is 4.79 Å². The number of nitrogens with one attached hydrogen (secondary N) is 1. The first-order valence-electron chi connectivity index (χ1n) is 8.59. The van der Waals surface area contributed by atoms with E-state index in [4.69, 9.17) is 9.47 Å². The summed E-state index contributed by atoms with van der Waals surface area (Å²) >= 11 is 0. The van der Waals surface area contributed by atoms with Gasteiger partial charge in [-0.1, -0.05) is 36.4 Å². The van der Waals surface area contributed by atoms with Crippen LogP contribution in [0.5, 0.6) is 5.75 Å². The minimum absolute atomic E-state index is 0.234. The summed E-state index contributed by atoms with van der Waals surface area (Å²) in [5.41, 5.74) is 1.69. The molecule has 0 atom stereocenters. The Bertz CT molecular complexity index is 942. The van der Waals surface area contributed by atoms with Crippen LogP contribution in [0.2, 0.25) is 0 Å². The lowest BCUT2D eigenvalue weighted by atomic mass is 10.2. The van der Waals surface area contributed by atoms with Crippen molar-refractivity contribution in [1.82, 2.24) is 0 Å². The van der Waals surface area contributed by atoms with Gasteiger partial charge in [-0.15, -0.1) is 0 Å². The van der Waals surface area contributed by atoms with E-state index in [-0.39, 0.29) is 18.0 Å². The number of hydrogen-bond acceptors (Lipinski definition) is 4. The van der Waals surface area contributed by atoms with Crippen LogP contribution >= 0.6 is 0 Å². The number of ether oxygens (including phenoxy) is 2. The van der Waals surface area contributed by atoms with Crippen LogP contribution in [0, 0.1) is 5.82 Å². The second-order valence-corrected chi connectivity index (χ2v) is 5.93. The van der Waals surface area contributed by atoms with E-state index in [1.54, 1.807) is 54.6 Å². The maximum Gasteiger partial charge on any atom is 0.338 e. The standard InChI is InChI=1S/C22H18FNO4/c23-18-11-9-16(10-12-18)14-27-20-8-4-5-17(13-20)22(26)28-15-21(25)24-19-6-2-1-3-7-19/h1-13H,14-15H2,(H,24,25). The summed E-state index contributed by atoms with van der Waals surface area (Å²) < 4.78 is 23.6. The first-order valence-corrected chi connectivity index (χ1v) is 8.59. The number of benzene rings is 3. The van der Waals surface area contributed by atoms with Crippen molar-refractivity contribution in [1.29, 1.82) is 0 Å². The molecular formula is C22H18FNO4. The van der Waals surface area contributed by atoms with Gasteiger partial charge in [-0.05, 0) is 48.0 Å². The van der Waals surface area contributed by atoms with Crippen molar-refractivity contribution in [3.05, 3.63) is 95.8 Å². The largest absolute Gasteiger partial charge is 0.489 e. The number of carbonyl (C=O) groups is 2. The maximum absolute atomic E-state index is 12.9. The highest BCUT2D eigenvalue weighted by atomic mass is 19.1. The predicted octanol–water partition coefficient (Wildman–Crippen LogP) is 4.20. The van der Waals surface area contributed by atoms with Crippen molar-refractivity contribution in [2.24, 2.45) is 0 Å². The molecule has 142 valence electrons. The fourth-order valence-electron chi connectivity index (χ4n) is 2.39. The Hall–Kier alpha value is -3.67. The molecule has 5 nitrogen and oxygen atoms in total. The van der Waals surface area contributed by atoms with Gasteiger partial charge in [0.25, 0.3) is 5.91 Å². The van der Waals surface area contributed by atoms with Gasteiger partial charge in [0.15, 0.2) is 6.61 Å². The predicted molar refractivity (Wildman–Crippen MR) is 103 cm³/mol. The molecule has 0 aliphatic rings. The Labute approximate surface area is 161 Å². The molecule has 1 N–H and O–H groups in total. The summed E-state index contributed by atoms with van der Waals surface area (Å²) in [6.45, 7) is -0.160. The molecule has 0 saturated heterocycles. The summed E-state index contributed by atoms with van der Waals surface area (Å²) in [7, 11) is 0. The molecule has 0 aromatic heterocycles. The molecule has 3 aromatic carbocycles. The number of carbonyl (C=O) groups excluding carboxylic acids is 2. The first kappa shape index (κ1) is 19.1. The van der Waals surface area contributed by atoms with Gasteiger partial charge in [-0.2, -0.15) is 0 Å². The molecule has 28 heavy (non-hydrogen) atoms. The molecule has 0 saturated carbocycles. The number of anilines is 1. The van der Waals surface area contributed by atoms with Crippen LogP contribution in [-0.4, -0.2) is 18.5 Å². The van der Waals surface area contributed by atoms with Gasteiger partial charge in [0.1, 0.15) is 18.2 Å². The van der Waals surface area contributed by atoms with E-state index in [0.717, 1.165) is 5.56 Å². The molecule has 0 radical (unpaired) electrons. The Kier molecular flexibility index (Phi) is 6.36. The highest BCUT2D eigenvalue weighted by Crippen LogP contribution is 2.16. The zero-order valence-corrected chi connectivity index (χ0v) is 14.9. The zero-order valence-electron chi connectivity index (χ0n) is 14.9. The minimum Gasteiger partial charge on any atom is -0.489 e. The Morgan fingerprint density at radius 3 is 2.39 bits per heavy atom. The van der Waals surface area contributed by atoms with E-state index in [1.807, 2.05) is 6.07 Å². The van der Waals surface area contributed by atoms with E-state index in [1.165, 1.54) is 18.2 Å². The topological polar surface area (TPSA) is 64.6 Å². The highest BCUT2D eigenvalue weighted by Gasteiger charge is 2.11. The van der Waals surface area contributed by atoms with Gasteiger partial charge in [0, 0.05) is 5.69 Å². The van der Waals surface area contributed by atoms with E-state index >= 15 is 0 Å². The molecular weight excluding hydrogens is 361 g/mol. The minimum atomic E-state index is -0.629. The number of esters is 1.